The van der Waals surface area contributed by atoms with Gasteiger partial charge < -0.3 is 0 Å². The van der Waals surface area contributed by atoms with Crippen molar-refractivity contribution in [1.29, 1.82) is 0 Å². The number of anilines is 2. The summed E-state index contributed by atoms with van der Waals surface area (Å²) in [7, 11) is 0. The molecular weight excluding hydrogens is 247 g/mol. The number of amides is 1. The second kappa shape index (κ2) is 4.24. The van der Waals surface area contributed by atoms with Gasteiger partial charge in [0.05, 0.1) is 0 Å². The average Bonchev–Trinajstić information content (AvgIpc) is 2.11. The van der Waals surface area contributed by atoms with E-state index >= 15 is 0 Å². The SMILES string of the molecule is CC(=O)Nc1cc([As]=O)cc(N)c1O. The molecule has 74 valence electrons. The summed E-state index contributed by atoms with van der Waals surface area (Å²) in [5, 5.41) is 11.8. The van der Waals surface area contributed by atoms with Crippen molar-refractivity contribution in [1.82, 2.24) is 0 Å². The van der Waals surface area contributed by atoms with Crippen molar-refractivity contribution < 1.29 is 13.6 Å². The molecule has 0 radical (unpaired) electrons. The summed E-state index contributed by atoms with van der Waals surface area (Å²) in [6.45, 7) is 1.31. The molecule has 6 heteroatoms. The van der Waals surface area contributed by atoms with Crippen molar-refractivity contribution in [2.24, 2.45) is 0 Å². The first kappa shape index (κ1) is 10.7. The van der Waals surface area contributed by atoms with Gasteiger partial charge in [-0.25, -0.2) is 0 Å². The van der Waals surface area contributed by atoms with Crippen LogP contribution in [-0.2, 0) is 8.53 Å². The fraction of sp³-hybridized carbons (Fsp3) is 0.125. The zero-order chi connectivity index (χ0) is 10.7. The molecule has 14 heavy (non-hydrogen) atoms. The van der Waals surface area contributed by atoms with Crippen LogP contribution in [0, 0.1) is 0 Å². The van der Waals surface area contributed by atoms with E-state index in [4.69, 9.17) is 5.73 Å². The van der Waals surface area contributed by atoms with Crippen molar-refractivity contribution in [2.75, 3.05) is 11.1 Å². The van der Waals surface area contributed by atoms with E-state index < -0.39 is 15.7 Å². The van der Waals surface area contributed by atoms with Crippen molar-refractivity contribution in [3.8, 4) is 5.75 Å². The number of aromatic hydroxyl groups is 1. The molecule has 4 N–H and O–H groups in total. The summed E-state index contributed by atoms with van der Waals surface area (Å²) < 4.78 is 11.2. The van der Waals surface area contributed by atoms with Gasteiger partial charge >= 0.3 is 86.8 Å². The predicted octanol–water partition coefficient (Wildman–Crippen LogP) is -0.392. The minimum absolute atomic E-state index is 0.109. The van der Waals surface area contributed by atoms with E-state index in [1.165, 1.54) is 19.1 Å². The van der Waals surface area contributed by atoms with Crippen LogP contribution in [0.25, 0.3) is 0 Å². The molecule has 0 atom stereocenters. The monoisotopic (exact) mass is 256 g/mol. The number of rotatable bonds is 2. The van der Waals surface area contributed by atoms with E-state index in [1.807, 2.05) is 0 Å². The van der Waals surface area contributed by atoms with Crippen molar-refractivity contribution in [3.05, 3.63) is 12.1 Å². The van der Waals surface area contributed by atoms with Crippen molar-refractivity contribution >= 4 is 37.3 Å². The Morgan fingerprint density at radius 1 is 1.57 bits per heavy atom. The van der Waals surface area contributed by atoms with Crippen LogP contribution in [0.15, 0.2) is 12.1 Å². The maximum absolute atomic E-state index is 10.7. The first-order valence-electron chi connectivity index (χ1n) is 3.78. The third-order valence-corrected chi connectivity index (χ3v) is 2.52. The normalized spacial score (nSPS) is 10.1. The molecule has 0 aliphatic carbocycles. The molecule has 0 saturated heterocycles. The average molecular weight is 256 g/mol. The van der Waals surface area contributed by atoms with E-state index in [0.29, 0.717) is 4.35 Å². The number of phenolic OH excluding ortho intramolecular Hbond substituents is 1. The van der Waals surface area contributed by atoms with E-state index in [1.54, 1.807) is 0 Å². The standard InChI is InChI=1S/C8H9AsN2O3/c1-4(12)11-7-3-5(9-14)2-6(10)8(7)13/h2-3,13H,10H2,1H3,(H,11,12). The van der Waals surface area contributed by atoms with Gasteiger partial charge in [-0.15, -0.1) is 0 Å². The molecular formula is C8H9AsN2O3. The van der Waals surface area contributed by atoms with Gasteiger partial charge in [-0.05, 0) is 0 Å². The van der Waals surface area contributed by atoms with Gasteiger partial charge in [0.2, 0.25) is 0 Å². The Kier molecular flexibility index (Phi) is 3.25. The summed E-state index contributed by atoms with van der Waals surface area (Å²) in [4.78, 5) is 10.7. The number of phenols is 1. The van der Waals surface area contributed by atoms with Crippen molar-refractivity contribution in [2.45, 2.75) is 6.92 Å². The first-order valence-corrected chi connectivity index (χ1v) is 5.48. The number of hydrogen-bond acceptors (Lipinski definition) is 4. The molecule has 0 heterocycles. The zero-order valence-corrected chi connectivity index (χ0v) is 9.32. The van der Waals surface area contributed by atoms with Crippen LogP contribution in [0.2, 0.25) is 0 Å². The molecule has 0 spiro atoms. The van der Waals surface area contributed by atoms with E-state index in [0.717, 1.165) is 0 Å². The van der Waals surface area contributed by atoms with Crippen LogP contribution >= 0.6 is 0 Å². The molecule has 0 aromatic heterocycles. The quantitative estimate of drug-likeness (QED) is 0.381. The Morgan fingerprint density at radius 3 is 2.71 bits per heavy atom. The molecule has 0 aliphatic rings. The Labute approximate surface area is 87.2 Å². The van der Waals surface area contributed by atoms with Crippen LogP contribution in [-0.4, -0.2) is 26.7 Å². The molecule has 1 aromatic rings. The molecule has 1 amide bonds. The van der Waals surface area contributed by atoms with Crippen LogP contribution in [0.4, 0.5) is 11.4 Å². The molecule has 0 bridgehead atoms. The number of nitrogen functional groups attached to an aromatic ring is 1. The summed E-state index contributed by atoms with van der Waals surface area (Å²) >= 11 is -1.22. The third-order valence-electron chi connectivity index (χ3n) is 1.54. The number of carbonyl (C=O) groups is 1. The third kappa shape index (κ3) is 2.33. The number of nitrogens with one attached hydrogen (secondary N) is 1. The number of nitrogens with two attached hydrogens (primary N) is 1. The Balaban J connectivity index is 3.19. The van der Waals surface area contributed by atoms with Gasteiger partial charge in [0, 0.05) is 0 Å². The van der Waals surface area contributed by atoms with Gasteiger partial charge in [-0.3, -0.25) is 0 Å². The van der Waals surface area contributed by atoms with E-state index in [2.05, 4.69) is 5.32 Å². The van der Waals surface area contributed by atoms with E-state index in [9.17, 15) is 13.6 Å². The zero-order valence-electron chi connectivity index (χ0n) is 7.44. The van der Waals surface area contributed by atoms with E-state index in [-0.39, 0.29) is 23.0 Å². The van der Waals surface area contributed by atoms with Crippen LogP contribution in [0.5, 0.6) is 5.75 Å². The van der Waals surface area contributed by atoms with Gasteiger partial charge in [0.25, 0.3) is 0 Å². The van der Waals surface area contributed by atoms with Crippen LogP contribution in [0.1, 0.15) is 6.92 Å². The molecule has 0 saturated carbocycles. The van der Waals surface area contributed by atoms with Gasteiger partial charge in [0.15, 0.2) is 0 Å². The van der Waals surface area contributed by atoms with Gasteiger partial charge in [-0.2, -0.15) is 0 Å². The summed E-state index contributed by atoms with van der Waals surface area (Å²) in [6, 6.07) is 2.87. The Bertz CT molecular complexity index is 392. The molecule has 0 unspecified atom stereocenters. The fourth-order valence-corrected chi connectivity index (χ4v) is 1.76. The fourth-order valence-electron chi connectivity index (χ4n) is 0.979. The Hall–Kier alpha value is -1.35. The predicted molar refractivity (Wildman–Crippen MR) is 52.9 cm³/mol. The van der Waals surface area contributed by atoms with Crippen LogP contribution in [0.3, 0.4) is 0 Å². The minimum atomic E-state index is -1.22. The number of carbonyl (C=O) groups excluding carboxylic acids is 1. The summed E-state index contributed by atoms with van der Waals surface area (Å²) in [5.74, 6) is -0.516. The van der Waals surface area contributed by atoms with Gasteiger partial charge in [-0.1, -0.05) is 0 Å². The summed E-state index contributed by atoms with van der Waals surface area (Å²) in [6.07, 6.45) is 0. The molecule has 0 fully saturated rings. The Morgan fingerprint density at radius 2 is 2.21 bits per heavy atom. The summed E-state index contributed by atoms with van der Waals surface area (Å²) in [5.41, 5.74) is 5.75. The number of benzene rings is 1. The second-order valence-corrected chi connectivity index (χ2v) is 4.17. The first-order chi connectivity index (χ1) is 6.54. The molecule has 1 rings (SSSR count). The molecule has 5 nitrogen and oxygen atoms in total. The molecule has 1 aromatic carbocycles. The molecule has 0 aliphatic heterocycles. The van der Waals surface area contributed by atoms with Crippen LogP contribution < -0.4 is 15.4 Å². The van der Waals surface area contributed by atoms with Gasteiger partial charge in [0.1, 0.15) is 0 Å². The maximum atomic E-state index is 10.7. The second-order valence-electron chi connectivity index (χ2n) is 2.70. The topological polar surface area (TPSA) is 92.4 Å². The number of hydrogen-bond donors (Lipinski definition) is 3. The van der Waals surface area contributed by atoms with Crippen molar-refractivity contribution in [3.63, 3.8) is 0 Å².